The van der Waals surface area contributed by atoms with Crippen LogP contribution in [-0.4, -0.2) is 41.1 Å². The number of hydrogen-bond acceptors (Lipinski definition) is 5. The lowest BCUT2D eigenvalue weighted by molar-refractivity contribution is -0.147. The van der Waals surface area contributed by atoms with E-state index in [2.05, 4.69) is 0 Å². The van der Waals surface area contributed by atoms with Crippen molar-refractivity contribution in [1.82, 2.24) is 4.90 Å². The van der Waals surface area contributed by atoms with Gasteiger partial charge in [0.25, 0.3) is 5.91 Å². The highest BCUT2D eigenvalue weighted by atomic mass is 19.1. The summed E-state index contributed by atoms with van der Waals surface area (Å²) in [5.74, 6) is -3.81. The van der Waals surface area contributed by atoms with Crippen LogP contribution in [0.4, 0.5) is 8.78 Å². The minimum atomic E-state index is -1.11. The smallest absolute Gasteiger partial charge is 0.336 e. The van der Waals surface area contributed by atoms with E-state index in [4.69, 9.17) is 9.15 Å². The first-order valence-electron chi connectivity index (χ1n) is 10.4. The first-order valence-corrected chi connectivity index (χ1v) is 10.4. The minimum Gasteiger partial charge on any atom is -0.481 e. The zero-order valence-electron chi connectivity index (χ0n) is 17.7. The molecule has 1 aliphatic rings. The highest BCUT2D eigenvalue weighted by molar-refractivity contribution is 5.94. The maximum atomic E-state index is 14.9. The molecule has 2 heterocycles. The molecule has 1 aliphatic heterocycles. The topological polar surface area (TPSA) is 97.0 Å². The summed E-state index contributed by atoms with van der Waals surface area (Å²) in [5.41, 5.74) is -0.497. The molecule has 2 atom stereocenters. The lowest BCUT2D eigenvalue weighted by atomic mass is 9.98. The van der Waals surface area contributed by atoms with Crippen LogP contribution in [-0.2, 0) is 9.59 Å². The molecule has 1 amide bonds. The van der Waals surface area contributed by atoms with Crippen molar-refractivity contribution in [2.45, 2.75) is 25.9 Å². The van der Waals surface area contributed by atoms with E-state index in [0.29, 0.717) is 19.4 Å². The second kappa shape index (κ2) is 9.01. The van der Waals surface area contributed by atoms with Gasteiger partial charge in [-0.1, -0.05) is 18.2 Å². The molecular formula is C24H21F2NO6. The Morgan fingerprint density at radius 3 is 2.64 bits per heavy atom. The van der Waals surface area contributed by atoms with E-state index in [9.17, 15) is 28.3 Å². The van der Waals surface area contributed by atoms with E-state index in [-0.39, 0.29) is 34.4 Å². The van der Waals surface area contributed by atoms with Crippen LogP contribution in [0.2, 0.25) is 0 Å². The number of carbonyl (C=O) groups is 2. The summed E-state index contributed by atoms with van der Waals surface area (Å²) in [6, 6.07) is 9.09. The van der Waals surface area contributed by atoms with Crippen LogP contribution < -0.4 is 10.4 Å². The van der Waals surface area contributed by atoms with Gasteiger partial charge in [0, 0.05) is 41.7 Å². The SMILES string of the molecule is C[C@@H](Oc1cc2oc(=O)cc(-c3ccccc3F)c2cc1F)C(=O)N1CCC[C@H](C(=O)O)C1. The molecule has 172 valence electrons. The summed E-state index contributed by atoms with van der Waals surface area (Å²) in [6.07, 6.45) is -0.0770. The van der Waals surface area contributed by atoms with Crippen LogP contribution >= 0.6 is 0 Å². The fourth-order valence-corrected chi connectivity index (χ4v) is 4.03. The zero-order valence-corrected chi connectivity index (χ0v) is 17.7. The van der Waals surface area contributed by atoms with E-state index >= 15 is 0 Å². The maximum absolute atomic E-state index is 14.9. The highest BCUT2D eigenvalue weighted by Gasteiger charge is 2.31. The number of amides is 1. The van der Waals surface area contributed by atoms with Crippen molar-refractivity contribution in [1.29, 1.82) is 0 Å². The average molecular weight is 457 g/mol. The van der Waals surface area contributed by atoms with E-state index in [1.54, 1.807) is 6.07 Å². The molecule has 0 spiro atoms. The van der Waals surface area contributed by atoms with Crippen molar-refractivity contribution >= 4 is 22.8 Å². The molecule has 1 fully saturated rings. The van der Waals surface area contributed by atoms with E-state index in [0.717, 1.165) is 18.2 Å². The standard InChI is InChI=1S/C24H21F2NO6/c1-13(23(29)27-8-4-5-14(12-27)24(30)31)32-21-11-20-17(9-19(21)26)16(10-22(28)33-20)15-6-2-3-7-18(15)25/h2-3,6-7,9-11,13-14H,4-5,8,12H2,1H3,(H,30,31)/t13-,14+/m1/s1. The van der Waals surface area contributed by atoms with Gasteiger partial charge in [-0.2, -0.15) is 0 Å². The van der Waals surface area contributed by atoms with Crippen molar-refractivity contribution in [3.63, 3.8) is 0 Å². The van der Waals surface area contributed by atoms with Crippen molar-refractivity contribution in [3.8, 4) is 16.9 Å². The Morgan fingerprint density at radius 2 is 1.91 bits per heavy atom. The quantitative estimate of drug-likeness (QED) is 0.585. The van der Waals surface area contributed by atoms with Crippen molar-refractivity contribution in [3.05, 3.63) is 64.5 Å². The molecule has 1 aromatic heterocycles. The first-order chi connectivity index (χ1) is 15.7. The number of piperidine rings is 1. The van der Waals surface area contributed by atoms with Crippen LogP contribution in [0, 0.1) is 17.6 Å². The third kappa shape index (κ3) is 4.57. The molecule has 0 saturated carbocycles. The van der Waals surface area contributed by atoms with Crippen LogP contribution in [0.5, 0.6) is 5.75 Å². The zero-order chi connectivity index (χ0) is 23.7. The first kappa shape index (κ1) is 22.4. The fraction of sp³-hybridized carbons (Fsp3) is 0.292. The fourth-order valence-electron chi connectivity index (χ4n) is 4.03. The second-order valence-electron chi connectivity index (χ2n) is 7.96. The number of carboxylic acid groups (broad SMARTS) is 1. The number of benzene rings is 2. The molecule has 9 heteroatoms. The molecule has 33 heavy (non-hydrogen) atoms. The Labute approximate surface area is 187 Å². The second-order valence-corrected chi connectivity index (χ2v) is 7.96. The maximum Gasteiger partial charge on any atom is 0.336 e. The predicted octanol–water partition coefficient (Wildman–Crippen LogP) is 3.83. The van der Waals surface area contributed by atoms with E-state index < -0.39 is 41.2 Å². The Morgan fingerprint density at radius 1 is 1.15 bits per heavy atom. The molecule has 0 aliphatic carbocycles. The Bertz CT molecular complexity index is 1290. The number of fused-ring (bicyclic) bond motifs is 1. The lowest BCUT2D eigenvalue weighted by Crippen LogP contribution is -2.47. The number of rotatable bonds is 5. The van der Waals surface area contributed by atoms with E-state index in [1.165, 1.54) is 30.0 Å². The van der Waals surface area contributed by atoms with Crippen LogP contribution in [0.1, 0.15) is 19.8 Å². The van der Waals surface area contributed by atoms with Gasteiger partial charge in [0.1, 0.15) is 11.4 Å². The van der Waals surface area contributed by atoms with Crippen LogP contribution in [0.15, 0.2) is 51.7 Å². The Kier molecular flexibility index (Phi) is 6.13. The number of aliphatic carboxylic acids is 1. The molecule has 3 aromatic rings. The molecule has 0 unspecified atom stereocenters. The van der Waals surface area contributed by atoms with Crippen molar-refractivity contribution in [2.24, 2.45) is 5.92 Å². The highest BCUT2D eigenvalue weighted by Crippen LogP contribution is 2.33. The number of likely N-dealkylation sites (tertiary alicyclic amines) is 1. The van der Waals surface area contributed by atoms with Crippen molar-refractivity contribution in [2.75, 3.05) is 13.1 Å². The van der Waals surface area contributed by atoms with Gasteiger partial charge in [-0.25, -0.2) is 13.6 Å². The van der Waals surface area contributed by atoms with Gasteiger partial charge in [0.05, 0.1) is 5.92 Å². The summed E-state index contributed by atoms with van der Waals surface area (Å²) in [6.45, 7) is 1.88. The molecule has 4 rings (SSSR count). The summed E-state index contributed by atoms with van der Waals surface area (Å²) in [7, 11) is 0. The average Bonchev–Trinajstić information content (AvgIpc) is 2.79. The number of hydrogen-bond donors (Lipinski definition) is 1. The third-order valence-electron chi connectivity index (χ3n) is 5.69. The predicted molar refractivity (Wildman–Crippen MR) is 115 cm³/mol. The summed E-state index contributed by atoms with van der Waals surface area (Å²) >= 11 is 0. The third-order valence-corrected chi connectivity index (χ3v) is 5.69. The summed E-state index contributed by atoms with van der Waals surface area (Å²) < 4.78 is 39.9. The molecule has 1 N–H and O–H groups in total. The van der Waals surface area contributed by atoms with Gasteiger partial charge in [0.2, 0.25) is 0 Å². The van der Waals surface area contributed by atoms with Gasteiger partial charge in [-0.05, 0) is 31.9 Å². The van der Waals surface area contributed by atoms with Crippen molar-refractivity contribution < 1.29 is 32.6 Å². The Hall–Kier alpha value is -3.75. The monoisotopic (exact) mass is 457 g/mol. The molecular weight excluding hydrogens is 436 g/mol. The summed E-state index contributed by atoms with van der Waals surface area (Å²) in [4.78, 5) is 37.5. The minimum absolute atomic E-state index is 0.0271. The molecule has 7 nitrogen and oxygen atoms in total. The van der Waals surface area contributed by atoms with Crippen LogP contribution in [0.25, 0.3) is 22.1 Å². The van der Waals surface area contributed by atoms with Gasteiger partial charge >= 0.3 is 11.6 Å². The van der Waals surface area contributed by atoms with Crippen LogP contribution in [0.3, 0.4) is 0 Å². The van der Waals surface area contributed by atoms with Gasteiger partial charge in [0.15, 0.2) is 17.7 Å². The van der Waals surface area contributed by atoms with E-state index in [1.807, 2.05) is 0 Å². The summed E-state index contributed by atoms with van der Waals surface area (Å²) in [5, 5.41) is 9.38. The van der Waals surface area contributed by atoms with Gasteiger partial charge in [-0.15, -0.1) is 0 Å². The molecule has 0 radical (unpaired) electrons. The number of carbonyl (C=O) groups excluding carboxylic acids is 1. The lowest BCUT2D eigenvalue weighted by Gasteiger charge is -2.32. The number of halogens is 2. The number of carboxylic acids is 1. The molecule has 1 saturated heterocycles. The molecule has 2 aromatic carbocycles. The molecule has 0 bridgehead atoms. The van der Waals surface area contributed by atoms with Gasteiger partial charge in [-0.3, -0.25) is 9.59 Å². The number of ether oxygens (including phenoxy) is 1. The number of nitrogens with zero attached hydrogens (tertiary/aromatic N) is 1. The Balaban J connectivity index is 1.63. The van der Waals surface area contributed by atoms with Gasteiger partial charge < -0.3 is 19.2 Å². The normalized spacial score (nSPS) is 17.1. The largest absolute Gasteiger partial charge is 0.481 e.